The number of nitrogens with zero attached hydrogens (tertiary/aromatic N) is 1. The van der Waals surface area contributed by atoms with Crippen LogP contribution in [0.3, 0.4) is 0 Å². The van der Waals surface area contributed by atoms with Gasteiger partial charge in [0.15, 0.2) is 0 Å². The summed E-state index contributed by atoms with van der Waals surface area (Å²) in [6, 6.07) is 10.7. The number of hydrogen-bond acceptors (Lipinski definition) is 4. The number of phenols is 1. The molecule has 100 valence electrons. The molecule has 2 aromatic rings. The molecule has 0 radical (unpaired) electrons. The summed E-state index contributed by atoms with van der Waals surface area (Å²) in [7, 11) is 0. The van der Waals surface area contributed by atoms with Crippen LogP contribution in [0.5, 0.6) is 5.75 Å². The van der Waals surface area contributed by atoms with E-state index in [2.05, 4.69) is 5.32 Å². The van der Waals surface area contributed by atoms with Crippen molar-refractivity contribution in [3.63, 3.8) is 0 Å². The van der Waals surface area contributed by atoms with Gasteiger partial charge in [0.2, 0.25) is 0 Å². The molecule has 0 unspecified atom stereocenters. The normalized spacial score (nSPS) is 9.80. The summed E-state index contributed by atoms with van der Waals surface area (Å²) in [5.41, 5.74) is 6.91. The monoisotopic (exact) mass is 287 g/mol. The third-order valence-electron chi connectivity index (χ3n) is 2.62. The molecule has 0 aliphatic heterocycles. The van der Waals surface area contributed by atoms with Crippen LogP contribution in [0.25, 0.3) is 0 Å². The van der Waals surface area contributed by atoms with Crippen LogP contribution in [0.2, 0.25) is 5.02 Å². The van der Waals surface area contributed by atoms with Crippen molar-refractivity contribution in [2.24, 2.45) is 0 Å². The second-order valence-electron chi connectivity index (χ2n) is 4.04. The summed E-state index contributed by atoms with van der Waals surface area (Å²) in [5, 5.41) is 21.0. The molecule has 6 heteroatoms. The van der Waals surface area contributed by atoms with Crippen LogP contribution < -0.4 is 11.1 Å². The van der Waals surface area contributed by atoms with Gasteiger partial charge in [-0.25, -0.2) is 0 Å². The molecule has 5 nitrogen and oxygen atoms in total. The molecule has 0 aromatic heterocycles. The van der Waals surface area contributed by atoms with Crippen molar-refractivity contribution in [2.75, 3.05) is 11.1 Å². The lowest BCUT2D eigenvalue weighted by atomic mass is 10.1. The number of carbonyl (C=O) groups excluding carboxylic acids is 1. The first-order chi connectivity index (χ1) is 9.51. The molecule has 0 heterocycles. The van der Waals surface area contributed by atoms with Crippen LogP contribution in [0.4, 0.5) is 11.4 Å². The minimum Gasteiger partial charge on any atom is -0.506 e. The first-order valence-electron chi connectivity index (χ1n) is 5.61. The lowest BCUT2D eigenvalue weighted by molar-refractivity contribution is 0.102. The molecule has 2 rings (SSSR count). The van der Waals surface area contributed by atoms with E-state index in [1.807, 2.05) is 6.07 Å². The second-order valence-corrected chi connectivity index (χ2v) is 4.44. The van der Waals surface area contributed by atoms with Gasteiger partial charge in [-0.15, -0.1) is 0 Å². The van der Waals surface area contributed by atoms with E-state index in [1.165, 1.54) is 24.3 Å². The second kappa shape index (κ2) is 5.51. The smallest absolute Gasteiger partial charge is 0.255 e. The summed E-state index contributed by atoms with van der Waals surface area (Å²) in [4.78, 5) is 12.0. The Balaban J connectivity index is 2.28. The molecule has 1 amide bonds. The highest BCUT2D eigenvalue weighted by molar-refractivity contribution is 6.32. The van der Waals surface area contributed by atoms with Crippen molar-refractivity contribution in [1.29, 1.82) is 5.26 Å². The Morgan fingerprint density at radius 2 is 2.05 bits per heavy atom. The highest BCUT2D eigenvalue weighted by atomic mass is 35.5. The number of nitrogen functional groups attached to an aromatic ring is 1. The third kappa shape index (κ3) is 2.82. The summed E-state index contributed by atoms with van der Waals surface area (Å²) < 4.78 is 0. The summed E-state index contributed by atoms with van der Waals surface area (Å²) in [6.45, 7) is 0. The van der Waals surface area contributed by atoms with Crippen molar-refractivity contribution >= 4 is 28.9 Å². The predicted molar refractivity (Wildman–Crippen MR) is 76.6 cm³/mol. The fourth-order valence-electron chi connectivity index (χ4n) is 1.61. The molecule has 0 aliphatic carbocycles. The van der Waals surface area contributed by atoms with Crippen molar-refractivity contribution < 1.29 is 9.90 Å². The fraction of sp³-hybridized carbons (Fsp3) is 0. The highest BCUT2D eigenvalue weighted by Crippen LogP contribution is 2.25. The van der Waals surface area contributed by atoms with Gasteiger partial charge >= 0.3 is 0 Å². The topological polar surface area (TPSA) is 99.1 Å². The molecule has 0 saturated heterocycles. The number of phenolic OH excluding ortho intramolecular Hbond substituents is 1. The predicted octanol–water partition coefficient (Wildman–Crippen LogP) is 2.75. The van der Waals surface area contributed by atoms with Gasteiger partial charge in [-0.2, -0.15) is 5.26 Å². The van der Waals surface area contributed by atoms with E-state index in [0.717, 1.165) is 0 Å². The van der Waals surface area contributed by atoms with Gasteiger partial charge in [0.05, 0.1) is 16.3 Å². The van der Waals surface area contributed by atoms with Crippen molar-refractivity contribution in [2.45, 2.75) is 0 Å². The number of carbonyl (C=O) groups is 1. The Morgan fingerprint density at radius 1 is 1.30 bits per heavy atom. The van der Waals surface area contributed by atoms with E-state index in [9.17, 15) is 9.90 Å². The minimum absolute atomic E-state index is 0.0791. The van der Waals surface area contributed by atoms with Crippen molar-refractivity contribution in [1.82, 2.24) is 0 Å². The SMILES string of the molecule is N#Cc1cc(N)ccc1NC(=O)c1ccc(O)c(Cl)c1. The molecular weight excluding hydrogens is 278 g/mol. The number of benzene rings is 2. The van der Waals surface area contributed by atoms with E-state index in [-0.39, 0.29) is 21.9 Å². The lowest BCUT2D eigenvalue weighted by Crippen LogP contribution is -2.13. The summed E-state index contributed by atoms with van der Waals surface area (Å²) in [5.74, 6) is -0.540. The number of nitrogens with two attached hydrogens (primary N) is 1. The van der Waals surface area contributed by atoms with Gasteiger partial charge in [0, 0.05) is 11.3 Å². The quantitative estimate of drug-likeness (QED) is 0.739. The van der Waals surface area contributed by atoms with Crippen LogP contribution in [0.1, 0.15) is 15.9 Å². The molecule has 2 aromatic carbocycles. The maximum atomic E-state index is 12.0. The number of nitrogens with one attached hydrogen (secondary N) is 1. The first-order valence-corrected chi connectivity index (χ1v) is 5.98. The molecule has 0 spiro atoms. The number of halogens is 1. The van der Waals surface area contributed by atoms with Crippen LogP contribution in [0, 0.1) is 11.3 Å². The van der Waals surface area contributed by atoms with Crippen LogP contribution >= 0.6 is 11.6 Å². The van der Waals surface area contributed by atoms with Crippen LogP contribution in [-0.2, 0) is 0 Å². The van der Waals surface area contributed by atoms with E-state index in [4.69, 9.17) is 22.6 Å². The van der Waals surface area contributed by atoms with E-state index >= 15 is 0 Å². The summed E-state index contributed by atoms with van der Waals surface area (Å²) in [6.07, 6.45) is 0. The zero-order valence-corrected chi connectivity index (χ0v) is 11.0. The molecule has 0 atom stereocenters. The van der Waals surface area contributed by atoms with Gasteiger partial charge in [0.1, 0.15) is 11.8 Å². The average molecular weight is 288 g/mol. The highest BCUT2D eigenvalue weighted by Gasteiger charge is 2.11. The van der Waals surface area contributed by atoms with Gasteiger partial charge in [-0.05, 0) is 36.4 Å². The van der Waals surface area contributed by atoms with Gasteiger partial charge in [-0.1, -0.05) is 11.6 Å². The molecule has 20 heavy (non-hydrogen) atoms. The maximum absolute atomic E-state index is 12.0. The Morgan fingerprint density at radius 3 is 2.70 bits per heavy atom. The Hall–Kier alpha value is -2.71. The number of aromatic hydroxyl groups is 1. The molecule has 0 fully saturated rings. The summed E-state index contributed by atoms with van der Waals surface area (Å²) >= 11 is 5.74. The minimum atomic E-state index is -0.437. The van der Waals surface area contributed by atoms with E-state index < -0.39 is 5.91 Å². The van der Waals surface area contributed by atoms with Gasteiger partial charge in [0.25, 0.3) is 5.91 Å². The molecule has 0 aliphatic rings. The largest absolute Gasteiger partial charge is 0.506 e. The van der Waals surface area contributed by atoms with Gasteiger partial charge in [-0.3, -0.25) is 4.79 Å². The number of nitriles is 1. The maximum Gasteiger partial charge on any atom is 0.255 e. The standard InChI is InChI=1S/C14H10ClN3O2/c15-11-6-8(1-4-13(11)19)14(20)18-12-3-2-10(17)5-9(12)7-16/h1-6,19H,17H2,(H,18,20). The van der Waals surface area contributed by atoms with Crippen LogP contribution in [0.15, 0.2) is 36.4 Å². The Kier molecular flexibility index (Phi) is 3.78. The number of amides is 1. The number of hydrogen-bond donors (Lipinski definition) is 3. The fourth-order valence-corrected chi connectivity index (χ4v) is 1.79. The molecular formula is C14H10ClN3O2. The van der Waals surface area contributed by atoms with Gasteiger partial charge < -0.3 is 16.2 Å². The number of rotatable bonds is 2. The Bertz CT molecular complexity index is 723. The van der Waals surface area contributed by atoms with Crippen molar-refractivity contribution in [3.05, 3.63) is 52.5 Å². The van der Waals surface area contributed by atoms with E-state index in [1.54, 1.807) is 12.1 Å². The molecule has 0 saturated carbocycles. The van der Waals surface area contributed by atoms with Crippen molar-refractivity contribution in [3.8, 4) is 11.8 Å². The molecule has 0 bridgehead atoms. The number of anilines is 2. The van der Waals surface area contributed by atoms with E-state index in [0.29, 0.717) is 11.4 Å². The third-order valence-corrected chi connectivity index (χ3v) is 2.92. The zero-order valence-electron chi connectivity index (χ0n) is 10.2. The Labute approximate surface area is 120 Å². The molecule has 4 N–H and O–H groups in total. The zero-order chi connectivity index (χ0) is 14.7. The van der Waals surface area contributed by atoms with Crippen LogP contribution in [-0.4, -0.2) is 11.0 Å². The first kappa shape index (κ1) is 13.7. The average Bonchev–Trinajstić information content (AvgIpc) is 2.43. The lowest BCUT2D eigenvalue weighted by Gasteiger charge is -2.08.